The van der Waals surface area contributed by atoms with Gasteiger partial charge >= 0.3 is 0 Å². The van der Waals surface area contributed by atoms with Gasteiger partial charge in [-0.1, -0.05) is 51.7 Å². The molecule has 1 heteroatoms. The summed E-state index contributed by atoms with van der Waals surface area (Å²) in [5.41, 5.74) is 0.951. The van der Waals surface area contributed by atoms with E-state index < -0.39 is 0 Å². The van der Waals surface area contributed by atoms with Gasteiger partial charge in [-0.05, 0) is 18.9 Å². The topological polar surface area (TPSA) is 20.2 Å². The molecule has 0 saturated carbocycles. The molecule has 1 nitrogen and oxygen atoms in total. The van der Waals surface area contributed by atoms with Crippen LogP contribution in [0.4, 0.5) is 0 Å². The Morgan fingerprint density at radius 1 is 1.46 bits per heavy atom. The molecule has 1 N–H and O–H groups in total. The largest absolute Gasteiger partial charge is 0.388 e. The van der Waals surface area contributed by atoms with Crippen molar-refractivity contribution in [3.8, 4) is 0 Å². The summed E-state index contributed by atoms with van der Waals surface area (Å²) in [5.74, 6) is 0. The molecule has 0 radical (unpaired) electrons. The second-order valence-corrected chi connectivity index (χ2v) is 2.31. The molecule has 0 aromatic carbocycles. The van der Waals surface area contributed by atoms with Crippen LogP contribution in [0.3, 0.4) is 0 Å². The number of rotatable bonds is 4. The van der Waals surface area contributed by atoms with E-state index in [1.54, 1.807) is 6.08 Å². The predicted molar refractivity (Wildman–Crippen MR) is 60.7 cm³/mol. The Balaban J connectivity index is 0. The van der Waals surface area contributed by atoms with Crippen LogP contribution in [0.15, 0.2) is 36.5 Å². The fraction of sp³-hybridized carbons (Fsp3) is 0.500. The molecule has 0 heterocycles. The fourth-order valence-corrected chi connectivity index (χ4v) is 0.815. The molecule has 0 spiro atoms. The van der Waals surface area contributed by atoms with Gasteiger partial charge < -0.3 is 5.11 Å². The molecule has 0 saturated heterocycles. The number of aliphatic hydroxyl groups is 1. The van der Waals surface area contributed by atoms with Crippen molar-refractivity contribution >= 4 is 0 Å². The van der Waals surface area contributed by atoms with Crippen LogP contribution >= 0.6 is 0 Å². The first-order chi connectivity index (χ1) is 6.26. The maximum atomic E-state index is 9.39. The van der Waals surface area contributed by atoms with E-state index in [-0.39, 0.29) is 6.10 Å². The first-order valence-electron chi connectivity index (χ1n) is 4.89. The van der Waals surface area contributed by atoms with E-state index in [9.17, 15) is 5.11 Å². The number of aliphatic hydroxyl groups excluding tert-OH is 1. The molecule has 0 aliphatic rings. The lowest BCUT2D eigenvalue weighted by Gasteiger charge is -2.07. The predicted octanol–water partition coefficient (Wildman–Crippen LogP) is 3.47. The van der Waals surface area contributed by atoms with Gasteiger partial charge in [-0.25, -0.2) is 0 Å². The summed E-state index contributed by atoms with van der Waals surface area (Å²) in [5, 5.41) is 9.39. The molecule has 76 valence electrons. The lowest BCUT2D eigenvalue weighted by molar-refractivity contribution is 0.210. The van der Waals surface area contributed by atoms with Gasteiger partial charge in [0.2, 0.25) is 0 Å². The highest BCUT2D eigenvalue weighted by Crippen LogP contribution is 2.07. The van der Waals surface area contributed by atoms with Crippen molar-refractivity contribution in [1.82, 2.24) is 0 Å². The van der Waals surface area contributed by atoms with E-state index in [1.165, 1.54) is 0 Å². The Morgan fingerprint density at radius 3 is 2.31 bits per heavy atom. The van der Waals surface area contributed by atoms with Gasteiger partial charge in [0.1, 0.15) is 0 Å². The van der Waals surface area contributed by atoms with Crippen LogP contribution in [-0.4, -0.2) is 11.2 Å². The molecule has 0 aromatic heterocycles. The summed E-state index contributed by atoms with van der Waals surface area (Å²) in [6.07, 6.45) is 7.73. The van der Waals surface area contributed by atoms with Gasteiger partial charge in [-0.15, -0.1) is 0 Å². The zero-order valence-electron chi connectivity index (χ0n) is 9.25. The molecule has 0 aliphatic heterocycles. The van der Waals surface area contributed by atoms with E-state index in [4.69, 9.17) is 0 Å². The van der Waals surface area contributed by atoms with Crippen molar-refractivity contribution in [2.75, 3.05) is 0 Å². The standard InChI is InChI=1S/C10H16O.C2H6/c1-4-7-8-9(5-2)10(11)6-3;1-2/h4-5,7-8,10-11H,1,6H2,2-3H3;1-2H3/b8-7-,9-5+;. The Morgan fingerprint density at radius 2 is 2.00 bits per heavy atom. The van der Waals surface area contributed by atoms with Crippen LogP contribution in [0.25, 0.3) is 0 Å². The van der Waals surface area contributed by atoms with Crippen LogP contribution in [0.5, 0.6) is 0 Å². The molecule has 0 bridgehead atoms. The smallest absolute Gasteiger partial charge is 0.0784 e. The second-order valence-electron chi connectivity index (χ2n) is 2.31. The average molecular weight is 182 g/mol. The Kier molecular flexibility index (Phi) is 12.6. The van der Waals surface area contributed by atoms with Crippen molar-refractivity contribution in [1.29, 1.82) is 0 Å². The van der Waals surface area contributed by atoms with Crippen LogP contribution in [0.2, 0.25) is 0 Å². The third-order valence-electron chi connectivity index (χ3n) is 1.53. The molecule has 0 rings (SSSR count). The third-order valence-corrected chi connectivity index (χ3v) is 1.53. The summed E-state index contributed by atoms with van der Waals surface area (Å²) >= 11 is 0. The lowest BCUT2D eigenvalue weighted by atomic mass is 10.1. The van der Waals surface area contributed by atoms with Crippen LogP contribution in [0.1, 0.15) is 34.1 Å². The molecule has 1 atom stereocenters. The highest BCUT2D eigenvalue weighted by atomic mass is 16.3. The summed E-state index contributed by atoms with van der Waals surface area (Å²) in [4.78, 5) is 0. The van der Waals surface area contributed by atoms with Crippen molar-refractivity contribution in [3.05, 3.63) is 36.5 Å². The van der Waals surface area contributed by atoms with Gasteiger partial charge in [0.05, 0.1) is 6.10 Å². The van der Waals surface area contributed by atoms with Crippen LogP contribution in [-0.2, 0) is 0 Å². The second kappa shape index (κ2) is 11.2. The molecule has 0 amide bonds. The SMILES string of the molecule is C=C/C=C\C(=C/C)C(O)CC.CC. The molecular weight excluding hydrogens is 160 g/mol. The fourth-order valence-electron chi connectivity index (χ4n) is 0.815. The van der Waals surface area contributed by atoms with Crippen LogP contribution in [0, 0.1) is 0 Å². The van der Waals surface area contributed by atoms with Gasteiger partial charge in [-0.2, -0.15) is 0 Å². The average Bonchev–Trinajstić information content (AvgIpc) is 2.21. The normalized spacial score (nSPS) is 13.5. The minimum Gasteiger partial charge on any atom is -0.388 e. The van der Waals surface area contributed by atoms with E-state index in [2.05, 4.69) is 6.58 Å². The molecule has 1 unspecified atom stereocenters. The molecule has 0 aromatic rings. The molecular formula is C12H22O. The zero-order chi connectivity index (χ0) is 10.7. The number of hydrogen-bond donors (Lipinski definition) is 1. The monoisotopic (exact) mass is 182 g/mol. The van der Waals surface area contributed by atoms with Gasteiger partial charge in [0.25, 0.3) is 0 Å². The Hall–Kier alpha value is -0.820. The van der Waals surface area contributed by atoms with Crippen molar-refractivity contribution in [2.45, 2.75) is 40.2 Å². The van der Waals surface area contributed by atoms with E-state index in [1.807, 2.05) is 45.9 Å². The van der Waals surface area contributed by atoms with E-state index in [0.29, 0.717) is 0 Å². The van der Waals surface area contributed by atoms with Gasteiger partial charge in [0, 0.05) is 0 Å². The van der Waals surface area contributed by atoms with Crippen LogP contribution < -0.4 is 0 Å². The third kappa shape index (κ3) is 7.54. The van der Waals surface area contributed by atoms with Gasteiger partial charge in [0.15, 0.2) is 0 Å². The van der Waals surface area contributed by atoms with E-state index >= 15 is 0 Å². The minimum atomic E-state index is -0.337. The first kappa shape index (κ1) is 14.7. The molecule has 0 fully saturated rings. The molecule has 0 aliphatic carbocycles. The summed E-state index contributed by atoms with van der Waals surface area (Å²) in [6, 6.07) is 0. The maximum Gasteiger partial charge on any atom is 0.0784 e. The Labute approximate surface area is 82.5 Å². The van der Waals surface area contributed by atoms with Crippen molar-refractivity contribution in [2.24, 2.45) is 0 Å². The van der Waals surface area contributed by atoms with E-state index in [0.717, 1.165) is 12.0 Å². The quantitative estimate of drug-likeness (QED) is 0.660. The highest BCUT2D eigenvalue weighted by molar-refractivity contribution is 5.24. The lowest BCUT2D eigenvalue weighted by Crippen LogP contribution is -2.05. The Bertz CT molecular complexity index is 166. The van der Waals surface area contributed by atoms with Crippen molar-refractivity contribution in [3.63, 3.8) is 0 Å². The van der Waals surface area contributed by atoms with Gasteiger partial charge in [-0.3, -0.25) is 0 Å². The summed E-state index contributed by atoms with van der Waals surface area (Å²) in [7, 11) is 0. The summed E-state index contributed by atoms with van der Waals surface area (Å²) < 4.78 is 0. The number of hydrogen-bond acceptors (Lipinski definition) is 1. The molecule has 13 heavy (non-hydrogen) atoms. The minimum absolute atomic E-state index is 0.337. The zero-order valence-corrected chi connectivity index (χ0v) is 9.25. The van der Waals surface area contributed by atoms with Crippen molar-refractivity contribution < 1.29 is 5.11 Å². The highest BCUT2D eigenvalue weighted by Gasteiger charge is 2.01. The maximum absolute atomic E-state index is 9.39. The number of allylic oxidation sites excluding steroid dienone is 3. The summed E-state index contributed by atoms with van der Waals surface area (Å²) in [6.45, 7) is 11.4. The first-order valence-corrected chi connectivity index (χ1v) is 4.89.